The number of hydrogen-bond acceptors (Lipinski definition) is 3. The number of halogens is 2. The van der Waals surface area contributed by atoms with Crippen LogP contribution < -0.4 is 10.3 Å². The first-order valence-corrected chi connectivity index (χ1v) is 5.54. The van der Waals surface area contributed by atoms with Crippen molar-refractivity contribution in [2.24, 2.45) is 0 Å². The highest BCUT2D eigenvalue weighted by Crippen LogP contribution is 2.25. The maximum atomic E-state index is 13.3. The van der Waals surface area contributed by atoms with E-state index >= 15 is 0 Å². The second-order valence-corrected chi connectivity index (χ2v) is 4.16. The highest BCUT2D eigenvalue weighted by molar-refractivity contribution is 9.10. The van der Waals surface area contributed by atoms with E-state index in [0.717, 1.165) is 0 Å². The molecule has 0 fully saturated rings. The molecule has 0 radical (unpaired) electrons. The lowest BCUT2D eigenvalue weighted by Gasteiger charge is -2.06. The molecule has 4 nitrogen and oxygen atoms in total. The Bertz CT molecular complexity index is 613. The molecule has 0 bridgehead atoms. The van der Waals surface area contributed by atoms with Crippen LogP contribution >= 0.6 is 15.9 Å². The molecule has 0 aliphatic carbocycles. The Morgan fingerprint density at radius 1 is 1.47 bits per heavy atom. The molecule has 0 atom stereocenters. The summed E-state index contributed by atoms with van der Waals surface area (Å²) < 4.78 is 18.8. The van der Waals surface area contributed by atoms with E-state index in [1.807, 2.05) is 0 Å². The van der Waals surface area contributed by atoms with Crippen molar-refractivity contribution in [3.63, 3.8) is 0 Å². The van der Waals surface area contributed by atoms with Gasteiger partial charge < -0.3 is 9.72 Å². The number of ether oxygens (including phenoxy) is 1. The number of nitrogens with one attached hydrogen (secondary N) is 1. The van der Waals surface area contributed by atoms with Crippen molar-refractivity contribution >= 4 is 15.9 Å². The summed E-state index contributed by atoms with van der Waals surface area (Å²) in [6, 6.07) is 4.43. The molecule has 2 rings (SSSR count). The molecular formula is C11H8BrFN2O2. The predicted octanol–water partition coefficient (Wildman–Crippen LogP) is 2.77. The molecule has 0 aliphatic rings. The van der Waals surface area contributed by atoms with E-state index in [0.29, 0.717) is 5.56 Å². The lowest BCUT2D eigenvalue weighted by Crippen LogP contribution is -2.08. The van der Waals surface area contributed by atoms with Gasteiger partial charge in [0.25, 0.3) is 5.56 Å². The summed E-state index contributed by atoms with van der Waals surface area (Å²) in [4.78, 5) is 17.5. The van der Waals surface area contributed by atoms with Crippen molar-refractivity contribution in [1.29, 1.82) is 0 Å². The zero-order chi connectivity index (χ0) is 12.4. The molecule has 1 N–H and O–H groups in total. The first kappa shape index (κ1) is 11.8. The predicted molar refractivity (Wildman–Crippen MR) is 63.8 cm³/mol. The Morgan fingerprint density at radius 3 is 2.94 bits per heavy atom. The van der Waals surface area contributed by atoms with E-state index in [-0.39, 0.29) is 27.5 Å². The Hall–Kier alpha value is -1.69. The molecular weight excluding hydrogens is 291 g/mol. The summed E-state index contributed by atoms with van der Waals surface area (Å²) in [6.45, 7) is 1.65. The molecule has 0 spiro atoms. The van der Waals surface area contributed by atoms with Crippen LogP contribution in [-0.2, 0) is 0 Å². The first-order chi connectivity index (χ1) is 8.08. The van der Waals surface area contributed by atoms with E-state index in [9.17, 15) is 9.18 Å². The monoisotopic (exact) mass is 298 g/mol. The summed E-state index contributed by atoms with van der Waals surface area (Å²) in [7, 11) is 0. The number of rotatable bonds is 2. The minimum Gasteiger partial charge on any atom is -0.437 e. The average Bonchev–Trinajstić information content (AvgIpc) is 2.30. The van der Waals surface area contributed by atoms with Crippen LogP contribution in [0.4, 0.5) is 4.39 Å². The molecule has 2 aromatic rings. The number of H-pyrrole nitrogens is 1. The smallest absolute Gasteiger partial charge is 0.268 e. The number of hydrogen-bond donors (Lipinski definition) is 1. The van der Waals surface area contributed by atoms with Crippen molar-refractivity contribution in [2.45, 2.75) is 6.92 Å². The zero-order valence-corrected chi connectivity index (χ0v) is 10.4. The lowest BCUT2D eigenvalue weighted by atomic mass is 10.2. The summed E-state index contributed by atoms with van der Waals surface area (Å²) in [5.74, 6) is 0.00682. The minimum absolute atomic E-state index is 0.0944. The Morgan fingerprint density at radius 2 is 2.24 bits per heavy atom. The maximum Gasteiger partial charge on any atom is 0.268 e. The van der Waals surface area contributed by atoms with E-state index in [2.05, 4.69) is 25.9 Å². The molecule has 6 heteroatoms. The van der Waals surface area contributed by atoms with Gasteiger partial charge in [-0.05, 0) is 34.5 Å². The summed E-state index contributed by atoms with van der Waals surface area (Å²) in [6.07, 6.45) is 1.22. The molecule has 1 heterocycles. The summed E-state index contributed by atoms with van der Waals surface area (Å²) >= 11 is 3.05. The first-order valence-electron chi connectivity index (χ1n) is 4.75. The van der Waals surface area contributed by atoms with Gasteiger partial charge in [0.05, 0.1) is 6.33 Å². The molecule has 0 aliphatic heterocycles. The average molecular weight is 299 g/mol. The van der Waals surface area contributed by atoms with E-state index in [1.165, 1.54) is 12.4 Å². The highest BCUT2D eigenvalue weighted by Gasteiger charge is 2.08. The van der Waals surface area contributed by atoms with Gasteiger partial charge in [0.2, 0.25) is 5.88 Å². The van der Waals surface area contributed by atoms with Gasteiger partial charge in [-0.25, -0.2) is 9.37 Å². The normalized spacial score (nSPS) is 10.3. The van der Waals surface area contributed by atoms with Gasteiger partial charge in [0.15, 0.2) is 0 Å². The Balaban J connectivity index is 2.35. The van der Waals surface area contributed by atoms with Crippen LogP contribution in [0.1, 0.15) is 5.56 Å². The minimum atomic E-state index is -0.372. The number of nitrogens with zero attached hydrogens (tertiary/aromatic N) is 1. The van der Waals surface area contributed by atoms with Crippen molar-refractivity contribution in [3.8, 4) is 11.6 Å². The van der Waals surface area contributed by atoms with E-state index < -0.39 is 0 Å². The quantitative estimate of drug-likeness (QED) is 0.927. The van der Waals surface area contributed by atoms with Crippen molar-refractivity contribution < 1.29 is 9.13 Å². The second kappa shape index (κ2) is 4.67. The fourth-order valence-corrected chi connectivity index (χ4v) is 1.48. The van der Waals surface area contributed by atoms with Gasteiger partial charge in [0, 0.05) is 6.07 Å². The third-order valence-corrected chi connectivity index (χ3v) is 2.82. The fraction of sp³-hybridized carbons (Fsp3) is 0.0909. The lowest BCUT2D eigenvalue weighted by molar-refractivity contribution is 0.452. The van der Waals surface area contributed by atoms with Gasteiger partial charge in [-0.1, -0.05) is 6.07 Å². The highest BCUT2D eigenvalue weighted by atomic mass is 79.9. The number of aromatic amines is 1. The van der Waals surface area contributed by atoms with Crippen LogP contribution in [0.3, 0.4) is 0 Å². The molecule has 0 saturated carbocycles. The van der Waals surface area contributed by atoms with Crippen LogP contribution in [0.25, 0.3) is 0 Å². The van der Waals surface area contributed by atoms with Gasteiger partial charge in [0.1, 0.15) is 16.0 Å². The van der Waals surface area contributed by atoms with E-state index in [4.69, 9.17) is 4.74 Å². The third kappa shape index (κ3) is 2.52. The molecule has 17 heavy (non-hydrogen) atoms. The van der Waals surface area contributed by atoms with Gasteiger partial charge in [-0.15, -0.1) is 0 Å². The van der Waals surface area contributed by atoms with Gasteiger partial charge >= 0.3 is 0 Å². The number of benzene rings is 1. The zero-order valence-electron chi connectivity index (χ0n) is 8.83. The number of aryl methyl sites for hydroxylation is 1. The third-order valence-electron chi connectivity index (χ3n) is 2.12. The van der Waals surface area contributed by atoms with Crippen LogP contribution in [-0.4, -0.2) is 9.97 Å². The molecule has 88 valence electrons. The fourth-order valence-electron chi connectivity index (χ4n) is 1.19. The largest absolute Gasteiger partial charge is 0.437 e. The van der Waals surface area contributed by atoms with Crippen molar-refractivity contribution in [3.05, 3.63) is 50.7 Å². The molecule has 1 aromatic heterocycles. The molecule has 0 amide bonds. The second-order valence-electron chi connectivity index (χ2n) is 3.36. The van der Waals surface area contributed by atoms with Crippen LogP contribution in [0.5, 0.6) is 11.6 Å². The molecule has 0 unspecified atom stereocenters. The van der Waals surface area contributed by atoms with Crippen molar-refractivity contribution in [1.82, 2.24) is 9.97 Å². The molecule has 0 saturated heterocycles. The van der Waals surface area contributed by atoms with Crippen LogP contribution in [0, 0.1) is 12.7 Å². The standard InChI is InChI=1S/C11H8BrFN2O2/c1-6-2-3-7(4-8(6)13)17-11-9(12)10(16)14-5-15-11/h2-5H,1H3,(H,14,15,16). The van der Waals surface area contributed by atoms with Crippen LogP contribution in [0.2, 0.25) is 0 Å². The van der Waals surface area contributed by atoms with E-state index in [1.54, 1.807) is 19.1 Å². The van der Waals surface area contributed by atoms with Gasteiger partial charge in [-0.2, -0.15) is 0 Å². The van der Waals surface area contributed by atoms with Crippen LogP contribution in [0.15, 0.2) is 33.8 Å². The topological polar surface area (TPSA) is 55.0 Å². The Kier molecular flexibility index (Phi) is 3.23. The SMILES string of the molecule is Cc1ccc(Oc2nc[nH]c(=O)c2Br)cc1F. The summed E-state index contributed by atoms with van der Waals surface area (Å²) in [5.41, 5.74) is 0.165. The van der Waals surface area contributed by atoms with Gasteiger partial charge in [-0.3, -0.25) is 4.79 Å². The number of aromatic nitrogens is 2. The Labute approximate surface area is 105 Å². The van der Waals surface area contributed by atoms with Crippen molar-refractivity contribution in [2.75, 3.05) is 0 Å². The maximum absolute atomic E-state index is 13.3. The molecule has 1 aromatic carbocycles. The summed E-state index contributed by atoms with van der Waals surface area (Å²) in [5, 5.41) is 0.